The molecule has 1 rings (SSSR count). The number of benzene rings is 1. The van der Waals surface area contributed by atoms with Gasteiger partial charge in [-0.2, -0.15) is 0 Å². The van der Waals surface area contributed by atoms with Crippen molar-refractivity contribution in [3.05, 3.63) is 28.2 Å². The number of halogens is 1. The lowest BCUT2D eigenvalue weighted by Crippen LogP contribution is -2.29. The third kappa shape index (κ3) is 4.23. The first-order valence-corrected chi connectivity index (χ1v) is 7.22. The Morgan fingerprint density at radius 1 is 1.44 bits per heavy atom. The van der Waals surface area contributed by atoms with Crippen molar-refractivity contribution < 1.29 is 4.74 Å². The molecule has 0 radical (unpaired) electrons. The number of ether oxygens (including phenoxy) is 1. The Kier molecular flexibility index (Phi) is 6.60. The number of hydrogen-bond donors (Lipinski definition) is 1. The molecule has 1 aromatic carbocycles. The van der Waals surface area contributed by atoms with Gasteiger partial charge in [0.05, 0.1) is 6.61 Å². The van der Waals surface area contributed by atoms with Crippen molar-refractivity contribution >= 4 is 38.8 Å². The molecular weight excluding hydrogens is 312 g/mol. The summed E-state index contributed by atoms with van der Waals surface area (Å²) in [6, 6.07) is 6.00. The van der Waals surface area contributed by atoms with Gasteiger partial charge < -0.3 is 15.4 Å². The van der Waals surface area contributed by atoms with Crippen molar-refractivity contribution in [2.24, 2.45) is 5.73 Å². The van der Waals surface area contributed by atoms with Crippen LogP contribution in [-0.4, -0.2) is 31.3 Å². The summed E-state index contributed by atoms with van der Waals surface area (Å²) in [4.78, 5) is 2.64. The van der Waals surface area contributed by atoms with Crippen molar-refractivity contribution in [1.29, 1.82) is 0 Å². The maximum absolute atomic E-state index is 5.78. The normalized spacial score (nSPS) is 10.4. The van der Waals surface area contributed by atoms with E-state index in [4.69, 9.17) is 22.7 Å². The van der Waals surface area contributed by atoms with Gasteiger partial charge in [-0.1, -0.05) is 28.1 Å². The SMILES string of the molecule is CCOCCN(CC)c1ccc(Br)cc1C(N)=S. The van der Waals surface area contributed by atoms with Gasteiger partial charge in [-0.05, 0) is 32.0 Å². The van der Waals surface area contributed by atoms with E-state index in [-0.39, 0.29) is 0 Å². The maximum atomic E-state index is 5.78. The summed E-state index contributed by atoms with van der Waals surface area (Å²) >= 11 is 8.55. The molecule has 0 atom stereocenters. The molecule has 0 saturated heterocycles. The van der Waals surface area contributed by atoms with E-state index in [0.29, 0.717) is 11.6 Å². The maximum Gasteiger partial charge on any atom is 0.106 e. The molecule has 2 N–H and O–H groups in total. The zero-order valence-corrected chi connectivity index (χ0v) is 13.2. The fourth-order valence-corrected chi connectivity index (χ4v) is 2.27. The van der Waals surface area contributed by atoms with Crippen LogP contribution >= 0.6 is 28.1 Å². The van der Waals surface area contributed by atoms with Crippen LogP contribution in [0.5, 0.6) is 0 Å². The molecule has 18 heavy (non-hydrogen) atoms. The predicted molar refractivity (Wildman–Crippen MR) is 84.4 cm³/mol. The van der Waals surface area contributed by atoms with Gasteiger partial charge in [-0.15, -0.1) is 0 Å². The summed E-state index contributed by atoms with van der Waals surface area (Å²) in [7, 11) is 0. The Balaban J connectivity index is 2.93. The minimum Gasteiger partial charge on any atom is -0.389 e. The van der Waals surface area contributed by atoms with Crippen LogP contribution in [0, 0.1) is 0 Å². The summed E-state index contributed by atoms with van der Waals surface area (Å²) in [6.07, 6.45) is 0. The van der Waals surface area contributed by atoms with Crippen molar-refractivity contribution in [3.63, 3.8) is 0 Å². The number of hydrogen-bond acceptors (Lipinski definition) is 3. The summed E-state index contributed by atoms with van der Waals surface area (Å²) in [5.74, 6) is 0. The highest BCUT2D eigenvalue weighted by molar-refractivity contribution is 9.10. The average molecular weight is 331 g/mol. The van der Waals surface area contributed by atoms with Gasteiger partial charge in [-0.3, -0.25) is 0 Å². The van der Waals surface area contributed by atoms with Crippen LogP contribution < -0.4 is 10.6 Å². The quantitative estimate of drug-likeness (QED) is 0.616. The first-order valence-electron chi connectivity index (χ1n) is 6.02. The molecule has 0 aliphatic carbocycles. The van der Waals surface area contributed by atoms with Gasteiger partial charge in [0.2, 0.25) is 0 Å². The van der Waals surface area contributed by atoms with Crippen molar-refractivity contribution in [1.82, 2.24) is 0 Å². The molecule has 0 bridgehead atoms. The van der Waals surface area contributed by atoms with E-state index in [2.05, 4.69) is 27.8 Å². The van der Waals surface area contributed by atoms with Crippen LogP contribution in [0.3, 0.4) is 0 Å². The highest BCUT2D eigenvalue weighted by Gasteiger charge is 2.12. The van der Waals surface area contributed by atoms with Gasteiger partial charge in [0, 0.05) is 35.4 Å². The summed E-state index contributed by atoms with van der Waals surface area (Å²) < 4.78 is 6.38. The number of rotatable bonds is 7. The predicted octanol–water partition coefficient (Wildman–Crippen LogP) is 2.95. The van der Waals surface area contributed by atoms with Crippen molar-refractivity contribution in [2.75, 3.05) is 31.2 Å². The fourth-order valence-electron chi connectivity index (χ4n) is 1.75. The zero-order chi connectivity index (χ0) is 13.5. The molecule has 1 aromatic rings. The van der Waals surface area contributed by atoms with Crippen LogP contribution in [0.2, 0.25) is 0 Å². The molecule has 0 unspecified atom stereocenters. The van der Waals surface area contributed by atoms with Crippen molar-refractivity contribution in [3.8, 4) is 0 Å². The second-order valence-corrected chi connectivity index (χ2v) is 5.16. The van der Waals surface area contributed by atoms with Crippen molar-refractivity contribution in [2.45, 2.75) is 13.8 Å². The van der Waals surface area contributed by atoms with Gasteiger partial charge in [0.1, 0.15) is 4.99 Å². The molecule has 5 heteroatoms. The van der Waals surface area contributed by atoms with E-state index < -0.39 is 0 Å². The van der Waals surface area contributed by atoms with Crippen LogP contribution in [0.1, 0.15) is 19.4 Å². The molecule has 0 spiro atoms. The first kappa shape index (κ1) is 15.4. The monoisotopic (exact) mass is 330 g/mol. The van der Waals surface area contributed by atoms with Crippen LogP contribution in [-0.2, 0) is 4.74 Å². The number of likely N-dealkylation sites (N-methyl/N-ethyl adjacent to an activating group) is 1. The largest absolute Gasteiger partial charge is 0.389 e. The van der Waals surface area contributed by atoms with E-state index in [9.17, 15) is 0 Å². The first-order chi connectivity index (χ1) is 8.60. The Bertz CT molecular complexity index is 412. The van der Waals surface area contributed by atoms with Gasteiger partial charge >= 0.3 is 0 Å². The summed E-state index contributed by atoms with van der Waals surface area (Å²) in [5.41, 5.74) is 7.75. The Labute approximate surface area is 122 Å². The van der Waals surface area contributed by atoms with Gasteiger partial charge in [0.25, 0.3) is 0 Å². The van der Waals surface area contributed by atoms with E-state index in [1.54, 1.807) is 0 Å². The minimum absolute atomic E-state index is 0.418. The highest BCUT2D eigenvalue weighted by Crippen LogP contribution is 2.24. The molecular formula is C13H19BrN2OS. The fraction of sp³-hybridized carbons (Fsp3) is 0.462. The zero-order valence-electron chi connectivity index (χ0n) is 10.8. The van der Waals surface area contributed by atoms with Crippen LogP contribution in [0.4, 0.5) is 5.69 Å². The second-order valence-electron chi connectivity index (χ2n) is 3.80. The molecule has 3 nitrogen and oxygen atoms in total. The third-order valence-electron chi connectivity index (χ3n) is 2.66. The number of thiocarbonyl (C=S) groups is 1. The standard InChI is InChI=1S/C13H19BrN2OS/c1-3-16(7-8-17-4-2)12-6-5-10(14)9-11(12)13(15)18/h5-6,9H,3-4,7-8H2,1-2H3,(H2,15,18). The molecule has 100 valence electrons. The number of nitrogens with zero attached hydrogens (tertiary/aromatic N) is 1. The Hall–Kier alpha value is -0.650. The topological polar surface area (TPSA) is 38.5 Å². The van der Waals surface area contributed by atoms with E-state index in [0.717, 1.165) is 35.4 Å². The lowest BCUT2D eigenvalue weighted by molar-refractivity contribution is 0.154. The van der Waals surface area contributed by atoms with E-state index in [1.165, 1.54) is 0 Å². The smallest absolute Gasteiger partial charge is 0.106 e. The summed E-state index contributed by atoms with van der Waals surface area (Å²) in [6.45, 7) is 7.27. The molecule has 0 aromatic heterocycles. The lowest BCUT2D eigenvalue weighted by atomic mass is 10.1. The summed E-state index contributed by atoms with van der Waals surface area (Å²) in [5, 5.41) is 0. The van der Waals surface area contributed by atoms with Crippen LogP contribution in [0.15, 0.2) is 22.7 Å². The lowest BCUT2D eigenvalue weighted by Gasteiger charge is -2.25. The Morgan fingerprint density at radius 3 is 2.72 bits per heavy atom. The average Bonchev–Trinajstić information content (AvgIpc) is 2.35. The third-order valence-corrected chi connectivity index (χ3v) is 3.37. The van der Waals surface area contributed by atoms with Gasteiger partial charge in [-0.25, -0.2) is 0 Å². The Morgan fingerprint density at radius 2 is 2.17 bits per heavy atom. The number of nitrogens with two attached hydrogens (primary N) is 1. The number of anilines is 1. The van der Waals surface area contributed by atoms with Crippen LogP contribution in [0.25, 0.3) is 0 Å². The molecule has 0 aliphatic rings. The minimum atomic E-state index is 0.418. The second kappa shape index (κ2) is 7.71. The molecule has 0 fully saturated rings. The van der Waals surface area contributed by atoms with Gasteiger partial charge in [0.15, 0.2) is 0 Å². The molecule has 0 heterocycles. The molecule has 0 amide bonds. The molecule has 0 aliphatic heterocycles. The van der Waals surface area contributed by atoms with E-state index in [1.807, 2.05) is 25.1 Å². The highest BCUT2D eigenvalue weighted by atomic mass is 79.9. The van der Waals surface area contributed by atoms with E-state index >= 15 is 0 Å². The molecule has 0 saturated carbocycles.